The summed E-state index contributed by atoms with van der Waals surface area (Å²) in [5.74, 6) is 0. The van der Waals surface area contributed by atoms with Crippen molar-refractivity contribution in [3.8, 4) is 12.0 Å². The van der Waals surface area contributed by atoms with Gasteiger partial charge in [-0.15, -0.1) is 17.7 Å². The van der Waals surface area contributed by atoms with Crippen LogP contribution in [0.5, 0.6) is 0 Å². The Morgan fingerprint density at radius 2 is 1.48 bits per heavy atom. The Labute approximate surface area is 128 Å². The van der Waals surface area contributed by atoms with E-state index >= 15 is 0 Å². The van der Waals surface area contributed by atoms with Gasteiger partial charge in [0, 0.05) is 0 Å². The van der Waals surface area contributed by atoms with Crippen LogP contribution in [0.25, 0.3) is 0 Å². The van der Waals surface area contributed by atoms with Crippen LogP contribution in [0.3, 0.4) is 0 Å². The van der Waals surface area contributed by atoms with Crippen molar-refractivity contribution in [2.24, 2.45) is 0 Å². The minimum Gasteiger partial charge on any atom is -0.130 e. The van der Waals surface area contributed by atoms with E-state index < -0.39 is 8.07 Å². The van der Waals surface area contributed by atoms with E-state index in [-0.39, 0.29) is 0 Å². The van der Waals surface area contributed by atoms with E-state index in [2.05, 4.69) is 65.9 Å². The largest absolute Gasteiger partial charge is 0.199 e. The molecule has 0 heterocycles. The van der Waals surface area contributed by atoms with Crippen LogP contribution in [0.2, 0.25) is 6.04 Å². The number of terminal acetylenes is 1. The highest BCUT2D eigenvalue weighted by atomic mass is 28.3. The quantitative estimate of drug-likeness (QED) is 0.448. The summed E-state index contributed by atoms with van der Waals surface area (Å²) in [6.45, 7) is 1.98. The topological polar surface area (TPSA) is 0 Å². The molecule has 0 aliphatic rings. The van der Waals surface area contributed by atoms with Gasteiger partial charge in [0.25, 0.3) is 0 Å². The van der Waals surface area contributed by atoms with Crippen molar-refractivity contribution in [1.82, 2.24) is 0 Å². The number of allylic oxidation sites excluding steroid dienone is 1. The Morgan fingerprint density at radius 1 is 0.952 bits per heavy atom. The summed E-state index contributed by atoms with van der Waals surface area (Å²) in [7, 11) is -2.13. The summed E-state index contributed by atoms with van der Waals surface area (Å²) in [5.41, 5.74) is 6.36. The van der Waals surface area contributed by atoms with Gasteiger partial charge in [-0.25, -0.2) is 0 Å². The van der Waals surface area contributed by atoms with Crippen molar-refractivity contribution in [2.45, 2.75) is 19.4 Å². The molecule has 104 valence electrons. The smallest absolute Gasteiger partial charge is 0.130 e. The molecule has 0 atom stereocenters. The number of benzene rings is 2. The van der Waals surface area contributed by atoms with Crippen LogP contribution < -0.4 is 10.4 Å². The molecule has 2 aromatic rings. The molecule has 0 unspecified atom stereocenters. The first-order valence-electron chi connectivity index (χ1n) is 7.28. The van der Waals surface area contributed by atoms with Crippen LogP contribution in [-0.4, -0.2) is 8.07 Å². The molecule has 0 radical (unpaired) electrons. The monoisotopic (exact) mass is 288 g/mol. The fourth-order valence-corrected chi connectivity index (χ4v) is 6.12. The van der Waals surface area contributed by atoms with Crippen molar-refractivity contribution in [3.63, 3.8) is 0 Å². The van der Waals surface area contributed by atoms with Crippen LogP contribution >= 0.6 is 0 Å². The fraction of sp³-hybridized carbons (Fsp3) is 0.150. The minimum absolute atomic E-state index is 0.963. The van der Waals surface area contributed by atoms with Crippen LogP contribution in [-0.2, 0) is 0 Å². The molecule has 0 aromatic heterocycles. The average molecular weight is 288 g/mol. The fourth-order valence-electron chi connectivity index (χ4n) is 2.63. The lowest BCUT2D eigenvalue weighted by molar-refractivity contribution is 1.19. The Bertz CT molecular complexity index is 616. The van der Waals surface area contributed by atoms with Gasteiger partial charge in [0.05, 0.1) is 0 Å². The molecule has 0 aliphatic heterocycles. The Hall–Kier alpha value is -2.26. The standard InChI is InChI=1S/C20H20Si/c1-3-5-6-13-18-21(4-2,19-14-9-7-10-15-19)20-16-11-8-12-17-20/h2-3,6-12,14-17H,13,18H2,1H3. The molecule has 0 amide bonds. The van der Waals surface area contributed by atoms with Gasteiger partial charge in [-0.3, -0.25) is 0 Å². The van der Waals surface area contributed by atoms with Crippen molar-refractivity contribution < 1.29 is 0 Å². The summed E-state index contributed by atoms with van der Waals surface area (Å²) in [4.78, 5) is 0. The molecule has 0 fully saturated rings. The third kappa shape index (κ3) is 3.44. The second kappa shape index (κ2) is 7.50. The number of hydrogen-bond donors (Lipinski definition) is 0. The predicted molar refractivity (Wildman–Crippen MR) is 94.5 cm³/mol. The summed E-state index contributed by atoms with van der Waals surface area (Å²) < 4.78 is 0. The van der Waals surface area contributed by atoms with Crippen LogP contribution in [0.4, 0.5) is 0 Å². The highest BCUT2D eigenvalue weighted by Crippen LogP contribution is 2.13. The van der Waals surface area contributed by atoms with E-state index in [1.165, 1.54) is 10.4 Å². The summed E-state index contributed by atoms with van der Waals surface area (Å²) in [5, 5.41) is 2.63. The van der Waals surface area contributed by atoms with Crippen molar-refractivity contribution in [3.05, 3.63) is 78.5 Å². The minimum atomic E-state index is -2.13. The van der Waals surface area contributed by atoms with Crippen LogP contribution in [0, 0.1) is 12.0 Å². The van der Waals surface area contributed by atoms with Crippen molar-refractivity contribution in [1.29, 1.82) is 0 Å². The van der Waals surface area contributed by atoms with Crippen molar-refractivity contribution in [2.75, 3.05) is 0 Å². The molecule has 0 aliphatic carbocycles. The van der Waals surface area contributed by atoms with E-state index in [0.29, 0.717) is 0 Å². The summed E-state index contributed by atoms with van der Waals surface area (Å²) >= 11 is 0. The summed E-state index contributed by atoms with van der Waals surface area (Å²) in [6, 6.07) is 22.1. The molecule has 0 saturated carbocycles. The molecule has 0 N–H and O–H groups in total. The SMILES string of the molecule is C#C[Si](CCC=C=CC)(c1ccccc1)c1ccccc1. The second-order valence-corrected chi connectivity index (χ2v) is 8.73. The van der Waals surface area contributed by atoms with Gasteiger partial charge in [0.15, 0.2) is 8.07 Å². The van der Waals surface area contributed by atoms with Crippen LogP contribution in [0.1, 0.15) is 13.3 Å². The van der Waals surface area contributed by atoms with Gasteiger partial charge in [-0.2, -0.15) is 0 Å². The number of rotatable bonds is 5. The maximum atomic E-state index is 6.06. The molecular formula is C20H20Si. The molecule has 2 aromatic carbocycles. The molecule has 1 heteroatoms. The second-order valence-electron chi connectivity index (χ2n) is 4.98. The van der Waals surface area contributed by atoms with E-state index in [1.807, 2.05) is 25.1 Å². The normalized spacial score (nSPS) is 10.3. The van der Waals surface area contributed by atoms with E-state index in [4.69, 9.17) is 6.42 Å². The van der Waals surface area contributed by atoms with Gasteiger partial charge < -0.3 is 0 Å². The van der Waals surface area contributed by atoms with E-state index in [1.54, 1.807) is 0 Å². The van der Waals surface area contributed by atoms with Gasteiger partial charge in [0.2, 0.25) is 0 Å². The lowest BCUT2D eigenvalue weighted by Crippen LogP contribution is -2.57. The third-order valence-corrected chi connectivity index (χ3v) is 7.90. The molecule has 0 spiro atoms. The maximum Gasteiger partial charge on any atom is 0.199 e. The summed E-state index contributed by atoms with van der Waals surface area (Å²) in [6.07, 6.45) is 11.0. The maximum absolute atomic E-state index is 6.06. The molecule has 2 rings (SSSR count). The zero-order valence-corrected chi connectivity index (χ0v) is 13.4. The first-order valence-corrected chi connectivity index (χ1v) is 9.48. The third-order valence-electron chi connectivity index (χ3n) is 3.73. The first kappa shape index (κ1) is 15.1. The molecular weight excluding hydrogens is 268 g/mol. The zero-order valence-electron chi connectivity index (χ0n) is 12.4. The van der Waals surface area contributed by atoms with Crippen LogP contribution in [0.15, 0.2) is 78.5 Å². The van der Waals surface area contributed by atoms with Gasteiger partial charge in [-0.05, 0) is 41.9 Å². The Morgan fingerprint density at radius 3 is 1.90 bits per heavy atom. The first-order chi connectivity index (χ1) is 10.3. The molecule has 21 heavy (non-hydrogen) atoms. The van der Waals surface area contributed by atoms with Crippen molar-refractivity contribution >= 4 is 18.4 Å². The molecule has 0 bridgehead atoms. The number of hydrogen-bond acceptors (Lipinski definition) is 0. The van der Waals surface area contributed by atoms with E-state index in [0.717, 1.165) is 12.5 Å². The van der Waals surface area contributed by atoms with E-state index in [9.17, 15) is 0 Å². The zero-order chi connectivity index (χ0) is 15.0. The van der Waals surface area contributed by atoms with Gasteiger partial charge >= 0.3 is 0 Å². The molecule has 0 saturated heterocycles. The lowest BCUT2D eigenvalue weighted by atomic mass is 10.4. The highest BCUT2D eigenvalue weighted by Gasteiger charge is 2.34. The average Bonchev–Trinajstić information content (AvgIpc) is 2.57. The highest BCUT2D eigenvalue weighted by molar-refractivity contribution is 7.08. The Balaban J connectivity index is 2.47. The van der Waals surface area contributed by atoms with Gasteiger partial charge in [-0.1, -0.05) is 60.7 Å². The molecule has 0 nitrogen and oxygen atoms in total. The lowest BCUT2D eigenvalue weighted by Gasteiger charge is -2.26. The predicted octanol–water partition coefficient (Wildman–Crippen LogP) is 3.54. The Kier molecular flexibility index (Phi) is 5.40. The van der Waals surface area contributed by atoms with Gasteiger partial charge in [0.1, 0.15) is 0 Å².